The summed E-state index contributed by atoms with van der Waals surface area (Å²) in [6.45, 7) is 0. The summed E-state index contributed by atoms with van der Waals surface area (Å²) in [4.78, 5) is 4.20. The zero-order valence-corrected chi connectivity index (χ0v) is 8.54. The maximum absolute atomic E-state index is 5.16. The van der Waals surface area contributed by atoms with E-state index in [1.54, 1.807) is 6.20 Å². The molecule has 80 valence electrons. The van der Waals surface area contributed by atoms with Gasteiger partial charge >= 0.3 is 0 Å². The molecule has 0 bridgehead atoms. The lowest BCUT2D eigenvalue weighted by atomic mass is 10.1. The first-order chi connectivity index (χ1) is 7.77. The Morgan fingerprint density at radius 3 is 2.81 bits per heavy atom. The minimum Gasteiger partial charge on any atom is -0.369 e. The summed E-state index contributed by atoms with van der Waals surface area (Å²) >= 11 is 0. The number of nitrogens with zero attached hydrogens (tertiary/aromatic N) is 3. The van der Waals surface area contributed by atoms with Crippen LogP contribution in [-0.4, -0.2) is 17.2 Å². The number of guanidine groups is 1. The van der Waals surface area contributed by atoms with Crippen molar-refractivity contribution in [2.24, 2.45) is 21.7 Å². The largest absolute Gasteiger partial charge is 0.369 e. The van der Waals surface area contributed by atoms with Crippen LogP contribution in [0.3, 0.4) is 0 Å². The normalized spacial score (nSPS) is 10.8. The molecular weight excluding hydrogens is 202 g/mol. The molecule has 0 spiro atoms. The smallest absolute Gasteiger partial charge is 0.211 e. The zero-order valence-electron chi connectivity index (χ0n) is 8.54. The lowest BCUT2D eigenvalue weighted by Gasteiger charge is -1.98. The van der Waals surface area contributed by atoms with Crippen LogP contribution in [0.4, 0.5) is 0 Å². The third kappa shape index (κ3) is 2.14. The van der Waals surface area contributed by atoms with E-state index in [0.29, 0.717) is 0 Å². The van der Waals surface area contributed by atoms with Crippen molar-refractivity contribution in [3.8, 4) is 0 Å². The summed E-state index contributed by atoms with van der Waals surface area (Å²) in [6.07, 6.45) is 3.25. The van der Waals surface area contributed by atoms with E-state index >= 15 is 0 Å². The van der Waals surface area contributed by atoms with Crippen molar-refractivity contribution in [3.05, 3.63) is 42.2 Å². The molecule has 0 atom stereocenters. The predicted octanol–water partition coefficient (Wildman–Crippen LogP) is 0.842. The van der Waals surface area contributed by atoms with Gasteiger partial charge in [-0.2, -0.15) is 5.10 Å². The highest BCUT2D eigenvalue weighted by atomic mass is 15.3. The minimum atomic E-state index is -0.0727. The Balaban J connectivity index is 2.45. The molecule has 0 saturated carbocycles. The SMILES string of the molecule is NC(N)=N/N=C\c1nccc2ccccc12. The molecule has 5 heteroatoms. The Kier molecular flexibility index (Phi) is 2.77. The molecule has 0 amide bonds. The van der Waals surface area contributed by atoms with E-state index in [1.165, 1.54) is 6.21 Å². The van der Waals surface area contributed by atoms with Gasteiger partial charge in [0.05, 0.1) is 11.9 Å². The molecule has 4 N–H and O–H groups in total. The molecule has 1 aromatic heterocycles. The van der Waals surface area contributed by atoms with E-state index < -0.39 is 0 Å². The molecule has 5 nitrogen and oxygen atoms in total. The quantitative estimate of drug-likeness (QED) is 0.440. The van der Waals surface area contributed by atoms with Gasteiger partial charge in [-0.25, -0.2) is 0 Å². The number of aromatic nitrogens is 1. The van der Waals surface area contributed by atoms with Crippen molar-refractivity contribution < 1.29 is 0 Å². The van der Waals surface area contributed by atoms with Gasteiger partial charge in [-0.15, -0.1) is 5.10 Å². The standard InChI is InChI=1S/C11H11N5/c12-11(13)16-15-7-10-9-4-2-1-3-8(9)5-6-14-10/h1-7H,(H4,12,13,16)/b15-7-. The Morgan fingerprint density at radius 1 is 1.19 bits per heavy atom. The zero-order chi connectivity index (χ0) is 11.4. The van der Waals surface area contributed by atoms with Crippen LogP contribution in [-0.2, 0) is 0 Å². The summed E-state index contributed by atoms with van der Waals surface area (Å²) < 4.78 is 0. The molecular formula is C11H11N5. The first kappa shape index (κ1) is 10.1. The van der Waals surface area contributed by atoms with Gasteiger partial charge in [-0.05, 0) is 11.5 Å². The van der Waals surface area contributed by atoms with Gasteiger partial charge in [0.15, 0.2) is 0 Å². The molecule has 2 aromatic rings. The number of fused-ring (bicyclic) bond motifs is 1. The molecule has 0 unspecified atom stereocenters. The van der Waals surface area contributed by atoms with Crippen molar-refractivity contribution in [2.45, 2.75) is 0 Å². The molecule has 0 aliphatic rings. The minimum absolute atomic E-state index is 0.0727. The molecule has 0 aliphatic carbocycles. The van der Waals surface area contributed by atoms with E-state index in [4.69, 9.17) is 11.5 Å². The van der Waals surface area contributed by atoms with Crippen LogP contribution in [0.2, 0.25) is 0 Å². The fourth-order valence-corrected chi connectivity index (χ4v) is 1.40. The molecule has 1 heterocycles. The highest BCUT2D eigenvalue weighted by Gasteiger charge is 1.97. The monoisotopic (exact) mass is 213 g/mol. The molecule has 0 saturated heterocycles. The van der Waals surface area contributed by atoms with E-state index in [9.17, 15) is 0 Å². The van der Waals surface area contributed by atoms with Gasteiger partial charge < -0.3 is 11.5 Å². The topological polar surface area (TPSA) is 89.7 Å². The van der Waals surface area contributed by atoms with Crippen LogP contribution in [0.25, 0.3) is 10.8 Å². The van der Waals surface area contributed by atoms with Gasteiger partial charge in [0, 0.05) is 11.6 Å². The van der Waals surface area contributed by atoms with Crippen molar-refractivity contribution in [2.75, 3.05) is 0 Å². The summed E-state index contributed by atoms with van der Waals surface area (Å²) in [5, 5.41) is 9.38. The Labute approximate surface area is 92.5 Å². The average Bonchev–Trinajstić information content (AvgIpc) is 2.29. The van der Waals surface area contributed by atoms with Gasteiger partial charge in [0.1, 0.15) is 0 Å². The molecule has 0 radical (unpaired) electrons. The van der Waals surface area contributed by atoms with E-state index in [0.717, 1.165) is 16.5 Å². The Hall–Kier alpha value is -2.43. The summed E-state index contributed by atoms with van der Waals surface area (Å²) in [5.41, 5.74) is 11.1. The second-order valence-corrected chi connectivity index (χ2v) is 3.19. The molecule has 1 aromatic carbocycles. The highest BCUT2D eigenvalue weighted by molar-refractivity contribution is 5.97. The van der Waals surface area contributed by atoms with Crippen LogP contribution in [0.15, 0.2) is 46.7 Å². The van der Waals surface area contributed by atoms with E-state index in [1.807, 2.05) is 30.3 Å². The summed E-state index contributed by atoms with van der Waals surface area (Å²) in [6, 6.07) is 9.84. The highest BCUT2D eigenvalue weighted by Crippen LogP contribution is 2.14. The summed E-state index contributed by atoms with van der Waals surface area (Å²) in [7, 11) is 0. The number of hydrogen-bond acceptors (Lipinski definition) is 3. The van der Waals surface area contributed by atoms with Crippen molar-refractivity contribution in [1.82, 2.24) is 4.98 Å². The van der Waals surface area contributed by atoms with Crippen molar-refractivity contribution >= 4 is 22.9 Å². The van der Waals surface area contributed by atoms with Crippen LogP contribution >= 0.6 is 0 Å². The fourth-order valence-electron chi connectivity index (χ4n) is 1.40. The van der Waals surface area contributed by atoms with Crippen LogP contribution in [0.5, 0.6) is 0 Å². The van der Waals surface area contributed by atoms with E-state index in [-0.39, 0.29) is 5.96 Å². The first-order valence-corrected chi connectivity index (χ1v) is 4.73. The number of hydrogen-bond donors (Lipinski definition) is 2. The van der Waals surface area contributed by atoms with Gasteiger partial charge in [-0.3, -0.25) is 4.98 Å². The number of benzene rings is 1. The lowest BCUT2D eigenvalue weighted by Crippen LogP contribution is -2.21. The van der Waals surface area contributed by atoms with Gasteiger partial charge in [-0.1, -0.05) is 24.3 Å². The third-order valence-electron chi connectivity index (χ3n) is 2.06. The van der Waals surface area contributed by atoms with Crippen molar-refractivity contribution in [3.63, 3.8) is 0 Å². The van der Waals surface area contributed by atoms with Gasteiger partial charge in [0.2, 0.25) is 5.96 Å². The molecule has 0 fully saturated rings. The van der Waals surface area contributed by atoms with Crippen molar-refractivity contribution in [1.29, 1.82) is 0 Å². The molecule has 0 aliphatic heterocycles. The Bertz CT molecular complexity index is 550. The van der Waals surface area contributed by atoms with Crippen LogP contribution < -0.4 is 11.5 Å². The second kappa shape index (κ2) is 4.39. The van der Waals surface area contributed by atoms with Crippen LogP contribution in [0, 0.1) is 0 Å². The second-order valence-electron chi connectivity index (χ2n) is 3.19. The summed E-state index contributed by atoms with van der Waals surface area (Å²) in [5.74, 6) is -0.0727. The fraction of sp³-hybridized carbons (Fsp3) is 0. The average molecular weight is 213 g/mol. The number of pyridine rings is 1. The van der Waals surface area contributed by atoms with Crippen LogP contribution in [0.1, 0.15) is 5.69 Å². The Morgan fingerprint density at radius 2 is 2.00 bits per heavy atom. The number of nitrogens with two attached hydrogens (primary N) is 2. The predicted molar refractivity (Wildman–Crippen MR) is 65.1 cm³/mol. The van der Waals surface area contributed by atoms with E-state index in [2.05, 4.69) is 15.2 Å². The third-order valence-corrected chi connectivity index (χ3v) is 2.06. The molecule has 16 heavy (non-hydrogen) atoms. The first-order valence-electron chi connectivity index (χ1n) is 4.73. The molecule has 2 rings (SSSR count). The van der Waals surface area contributed by atoms with Gasteiger partial charge in [0.25, 0.3) is 0 Å². The maximum atomic E-state index is 5.16. The lowest BCUT2D eigenvalue weighted by molar-refractivity contribution is 1.21. The number of rotatable bonds is 2. The maximum Gasteiger partial charge on any atom is 0.211 e.